The smallest absolute Gasteiger partial charge is 0.133 e. The summed E-state index contributed by atoms with van der Waals surface area (Å²) < 4.78 is 26.0. The van der Waals surface area contributed by atoms with Crippen LogP contribution >= 0.6 is 0 Å². The van der Waals surface area contributed by atoms with Crippen molar-refractivity contribution in [3.8, 4) is 0 Å². The normalized spacial score (nSPS) is 11.4. The van der Waals surface area contributed by atoms with Crippen molar-refractivity contribution in [2.75, 3.05) is 0 Å². The van der Waals surface area contributed by atoms with E-state index in [1.54, 1.807) is 12.2 Å². The average molecular weight is 242 g/mol. The Balaban J connectivity index is 2.06. The van der Waals surface area contributed by atoms with Crippen LogP contribution in [0.25, 0.3) is 12.2 Å². The van der Waals surface area contributed by atoms with Gasteiger partial charge in [-0.05, 0) is 17.7 Å². The first-order chi connectivity index (χ1) is 8.75. The number of rotatable bonds is 3. The predicted molar refractivity (Wildman–Crippen MR) is 70.9 cm³/mol. The number of hydrogen-bond donors (Lipinski definition) is 0. The summed E-state index contributed by atoms with van der Waals surface area (Å²) in [6.07, 6.45) is 7.06. The maximum Gasteiger partial charge on any atom is 0.133 e. The second kappa shape index (κ2) is 5.92. The fraction of sp³-hybridized carbons (Fsp3) is 0. The quantitative estimate of drug-likeness (QED) is 0.685. The minimum atomic E-state index is -0.565. The highest BCUT2D eigenvalue weighted by atomic mass is 19.1. The Hall–Kier alpha value is -2.22. The minimum absolute atomic E-state index is 0.370. The molecule has 18 heavy (non-hydrogen) atoms. The maximum atomic E-state index is 13.3. The Morgan fingerprint density at radius 1 is 0.778 bits per heavy atom. The highest BCUT2D eigenvalue weighted by molar-refractivity contribution is 5.57. The van der Waals surface area contributed by atoms with Crippen molar-refractivity contribution in [3.63, 3.8) is 0 Å². The van der Waals surface area contributed by atoms with Gasteiger partial charge in [-0.1, -0.05) is 54.6 Å². The third kappa shape index (κ3) is 3.39. The lowest BCUT2D eigenvalue weighted by Crippen LogP contribution is -1.83. The topological polar surface area (TPSA) is 0 Å². The van der Waals surface area contributed by atoms with Gasteiger partial charge in [-0.25, -0.2) is 8.78 Å². The van der Waals surface area contributed by atoms with Gasteiger partial charge < -0.3 is 0 Å². The van der Waals surface area contributed by atoms with Crippen molar-refractivity contribution in [1.82, 2.24) is 0 Å². The number of allylic oxidation sites excluding steroid dienone is 2. The molecule has 0 saturated heterocycles. The summed E-state index contributed by atoms with van der Waals surface area (Å²) in [6.45, 7) is 0. The third-order valence-corrected chi connectivity index (χ3v) is 2.44. The van der Waals surface area contributed by atoms with Crippen LogP contribution in [0.3, 0.4) is 0 Å². The first kappa shape index (κ1) is 12.2. The van der Waals surface area contributed by atoms with Crippen molar-refractivity contribution in [3.05, 3.63) is 83.4 Å². The van der Waals surface area contributed by atoms with E-state index in [1.807, 2.05) is 42.5 Å². The van der Waals surface area contributed by atoms with Crippen molar-refractivity contribution in [2.45, 2.75) is 0 Å². The molecular formula is C16H12F2. The summed E-state index contributed by atoms with van der Waals surface area (Å²) in [7, 11) is 0. The van der Waals surface area contributed by atoms with Gasteiger partial charge in [0.15, 0.2) is 0 Å². The van der Waals surface area contributed by atoms with E-state index in [1.165, 1.54) is 12.1 Å². The molecule has 0 nitrogen and oxygen atoms in total. The van der Waals surface area contributed by atoms with Crippen LogP contribution in [0.4, 0.5) is 8.78 Å². The van der Waals surface area contributed by atoms with Crippen LogP contribution in [-0.2, 0) is 0 Å². The molecule has 0 bridgehead atoms. The molecule has 0 amide bonds. The van der Waals surface area contributed by atoms with Gasteiger partial charge in [0.25, 0.3) is 0 Å². The molecule has 0 radical (unpaired) electrons. The molecule has 2 rings (SSSR count). The van der Waals surface area contributed by atoms with E-state index in [9.17, 15) is 8.78 Å². The highest BCUT2D eigenvalue weighted by Gasteiger charge is 1.98. The van der Waals surface area contributed by atoms with Gasteiger partial charge in [0.1, 0.15) is 11.6 Å². The molecule has 0 aliphatic rings. The number of halogens is 2. The van der Waals surface area contributed by atoms with Gasteiger partial charge in [-0.3, -0.25) is 0 Å². The Labute approximate surface area is 105 Å². The molecular weight excluding hydrogens is 230 g/mol. The van der Waals surface area contributed by atoms with E-state index in [0.29, 0.717) is 5.56 Å². The van der Waals surface area contributed by atoms with Gasteiger partial charge in [0.05, 0.1) is 0 Å². The molecule has 0 saturated carbocycles. The molecule has 0 heterocycles. The van der Waals surface area contributed by atoms with Crippen LogP contribution in [0.2, 0.25) is 0 Å². The van der Waals surface area contributed by atoms with Crippen molar-refractivity contribution < 1.29 is 8.78 Å². The predicted octanol–water partition coefficient (Wildman–Crippen LogP) is 4.69. The van der Waals surface area contributed by atoms with Gasteiger partial charge in [-0.2, -0.15) is 0 Å². The van der Waals surface area contributed by atoms with Gasteiger partial charge in [-0.15, -0.1) is 0 Å². The Morgan fingerprint density at radius 2 is 1.50 bits per heavy atom. The van der Waals surface area contributed by atoms with E-state index < -0.39 is 11.6 Å². The molecule has 2 aromatic carbocycles. The zero-order chi connectivity index (χ0) is 12.8. The summed E-state index contributed by atoms with van der Waals surface area (Å²) in [4.78, 5) is 0. The van der Waals surface area contributed by atoms with E-state index in [0.717, 1.165) is 11.6 Å². The van der Waals surface area contributed by atoms with Crippen molar-refractivity contribution in [2.24, 2.45) is 0 Å². The number of benzene rings is 2. The van der Waals surface area contributed by atoms with Gasteiger partial charge >= 0.3 is 0 Å². The molecule has 0 aliphatic heterocycles. The number of hydrogen-bond acceptors (Lipinski definition) is 0. The summed E-state index contributed by atoms with van der Waals surface area (Å²) >= 11 is 0. The molecule has 0 N–H and O–H groups in total. The van der Waals surface area contributed by atoms with Crippen LogP contribution < -0.4 is 0 Å². The third-order valence-electron chi connectivity index (χ3n) is 2.44. The fourth-order valence-electron chi connectivity index (χ4n) is 1.53. The van der Waals surface area contributed by atoms with Crippen LogP contribution in [0.15, 0.2) is 60.7 Å². The average Bonchev–Trinajstić information content (AvgIpc) is 2.38. The summed E-state index contributed by atoms with van der Waals surface area (Å²) in [5, 5.41) is 0. The first-order valence-corrected chi connectivity index (χ1v) is 5.60. The highest BCUT2D eigenvalue weighted by Crippen LogP contribution is 2.11. The van der Waals surface area contributed by atoms with Crippen LogP contribution in [0.1, 0.15) is 11.1 Å². The van der Waals surface area contributed by atoms with E-state index >= 15 is 0 Å². The van der Waals surface area contributed by atoms with Crippen molar-refractivity contribution in [1.29, 1.82) is 0 Å². The monoisotopic (exact) mass is 242 g/mol. The first-order valence-electron chi connectivity index (χ1n) is 5.60. The Bertz CT molecular complexity index is 569. The molecule has 2 heteroatoms. The lowest BCUT2D eigenvalue weighted by atomic mass is 10.1. The second-order valence-corrected chi connectivity index (χ2v) is 3.79. The van der Waals surface area contributed by atoms with E-state index in [2.05, 4.69) is 0 Å². The molecule has 90 valence electrons. The Kier molecular flexibility index (Phi) is 4.02. The van der Waals surface area contributed by atoms with Crippen LogP contribution in [0.5, 0.6) is 0 Å². The second-order valence-electron chi connectivity index (χ2n) is 3.79. The molecule has 0 fully saturated rings. The zero-order valence-electron chi connectivity index (χ0n) is 9.68. The molecule has 0 unspecified atom stereocenters. The largest absolute Gasteiger partial charge is 0.207 e. The van der Waals surface area contributed by atoms with Gasteiger partial charge in [0, 0.05) is 11.6 Å². The van der Waals surface area contributed by atoms with E-state index in [4.69, 9.17) is 0 Å². The fourth-order valence-corrected chi connectivity index (χ4v) is 1.53. The van der Waals surface area contributed by atoms with E-state index in [-0.39, 0.29) is 0 Å². The maximum absolute atomic E-state index is 13.3. The lowest BCUT2D eigenvalue weighted by Gasteiger charge is -1.95. The molecule has 0 aliphatic carbocycles. The molecule has 2 aromatic rings. The molecule has 0 aromatic heterocycles. The summed E-state index contributed by atoms with van der Waals surface area (Å²) in [6, 6.07) is 13.3. The summed E-state index contributed by atoms with van der Waals surface area (Å²) in [5.41, 5.74) is 1.44. The lowest BCUT2D eigenvalue weighted by molar-refractivity contribution is 0.581. The Morgan fingerprint density at radius 3 is 2.22 bits per heavy atom. The molecule has 0 spiro atoms. The minimum Gasteiger partial charge on any atom is -0.207 e. The molecule has 0 atom stereocenters. The summed E-state index contributed by atoms with van der Waals surface area (Å²) in [5.74, 6) is -1.12. The van der Waals surface area contributed by atoms with Crippen molar-refractivity contribution >= 4 is 12.2 Å². The van der Waals surface area contributed by atoms with Crippen LogP contribution in [0, 0.1) is 11.6 Å². The van der Waals surface area contributed by atoms with Gasteiger partial charge in [0.2, 0.25) is 0 Å². The zero-order valence-corrected chi connectivity index (χ0v) is 9.68. The SMILES string of the molecule is Fc1ccc(/C=C/C=C/c2ccccc2)c(F)c1. The standard InChI is InChI=1S/C16H12F2/c17-15-11-10-14(16(18)12-15)9-5-4-8-13-6-2-1-3-7-13/h1-12H/b8-4+,9-5+. The van der Waals surface area contributed by atoms with Crippen LogP contribution in [-0.4, -0.2) is 0 Å².